The standard InChI is InChI=1S/C19H14F3N3O3/c20-10-1-3-15(14(22)7-10)25-9-13(19(27)28)17(26)12-2-4-16(23-18(12)25)24-6-5-11(21)8-24/h1-4,7,9,11H,5-6,8H2,(H,27,28)/t11-/m0/s1. The summed E-state index contributed by atoms with van der Waals surface area (Å²) in [5.41, 5.74) is -1.51. The topological polar surface area (TPSA) is 75.4 Å². The van der Waals surface area contributed by atoms with Gasteiger partial charge in [-0.15, -0.1) is 0 Å². The molecule has 4 rings (SSSR count). The van der Waals surface area contributed by atoms with Crippen molar-refractivity contribution in [3.8, 4) is 5.69 Å². The first kappa shape index (κ1) is 18.0. The molecule has 0 saturated carbocycles. The molecule has 1 aromatic carbocycles. The van der Waals surface area contributed by atoms with Gasteiger partial charge in [-0.05, 0) is 30.7 Å². The molecule has 1 atom stereocenters. The van der Waals surface area contributed by atoms with Crippen molar-refractivity contribution >= 4 is 22.8 Å². The molecule has 9 heteroatoms. The van der Waals surface area contributed by atoms with Crippen LogP contribution in [0.4, 0.5) is 19.0 Å². The number of aromatic carboxylic acids is 1. The number of carboxylic acid groups (broad SMARTS) is 1. The SMILES string of the molecule is O=C(O)c1cn(-c2ccc(F)cc2F)c2nc(N3CC[C@H](F)C3)ccc2c1=O. The molecule has 0 spiro atoms. The number of rotatable bonds is 3. The number of alkyl halides is 1. The summed E-state index contributed by atoms with van der Waals surface area (Å²) < 4.78 is 42.3. The van der Waals surface area contributed by atoms with Crippen LogP contribution in [-0.2, 0) is 0 Å². The minimum Gasteiger partial charge on any atom is -0.477 e. The minimum atomic E-state index is -1.48. The van der Waals surface area contributed by atoms with Gasteiger partial charge in [-0.2, -0.15) is 0 Å². The van der Waals surface area contributed by atoms with Gasteiger partial charge in [0.25, 0.3) is 0 Å². The summed E-state index contributed by atoms with van der Waals surface area (Å²) in [7, 11) is 0. The summed E-state index contributed by atoms with van der Waals surface area (Å²) in [6.45, 7) is 0.572. The molecule has 0 radical (unpaired) electrons. The van der Waals surface area contributed by atoms with Crippen LogP contribution in [0.5, 0.6) is 0 Å². The van der Waals surface area contributed by atoms with Gasteiger partial charge in [-0.3, -0.25) is 9.36 Å². The molecular weight excluding hydrogens is 375 g/mol. The highest BCUT2D eigenvalue weighted by molar-refractivity contribution is 5.92. The Labute approximate surface area is 156 Å². The van der Waals surface area contributed by atoms with Crippen molar-refractivity contribution in [1.29, 1.82) is 0 Å². The number of carbonyl (C=O) groups is 1. The number of halogens is 3. The summed E-state index contributed by atoms with van der Waals surface area (Å²) in [4.78, 5) is 30.0. The molecule has 0 bridgehead atoms. The predicted molar refractivity (Wildman–Crippen MR) is 95.9 cm³/mol. The highest BCUT2D eigenvalue weighted by atomic mass is 19.1. The molecule has 1 fully saturated rings. The third-order valence-corrected chi connectivity index (χ3v) is 4.69. The summed E-state index contributed by atoms with van der Waals surface area (Å²) in [5, 5.41) is 9.29. The van der Waals surface area contributed by atoms with Crippen molar-refractivity contribution in [2.45, 2.75) is 12.6 Å². The number of carboxylic acids is 1. The van der Waals surface area contributed by atoms with Crippen LogP contribution in [0.15, 0.2) is 41.3 Å². The Balaban J connectivity index is 2.00. The largest absolute Gasteiger partial charge is 0.477 e. The second-order valence-corrected chi connectivity index (χ2v) is 6.52. The maximum Gasteiger partial charge on any atom is 0.341 e. The smallest absolute Gasteiger partial charge is 0.341 e. The van der Waals surface area contributed by atoms with E-state index in [-0.39, 0.29) is 23.3 Å². The highest BCUT2D eigenvalue weighted by Gasteiger charge is 2.24. The lowest BCUT2D eigenvalue weighted by atomic mass is 10.1. The number of hydrogen-bond acceptors (Lipinski definition) is 4. The summed E-state index contributed by atoms with van der Waals surface area (Å²) in [6, 6.07) is 5.68. The lowest BCUT2D eigenvalue weighted by Crippen LogP contribution is -2.23. The Hall–Kier alpha value is -3.36. The summed E-state index contributed by atoms with van der Waals surface area (Å²) in [6.07, 6.45) is 0.308. The molecule has 144 valence electrons. The van der Waals surface area contributed by atoms with E-state index in [0.29, 0.717) is 24.8 Å². The van der Waals surface area contributed by atoms with Crippen molar-refractivity contribution in [3.05, 3.63) is 63.9 Å². The van der Waals surface area contributed by atoms with Crippen molar-refractivity contribution in [2.75, 3.05) is 18.0 Å². The average Bonchev–Trinajstić information content (AvgIpc) is 3.08. The third-order valence-electron chi connectivity index (χ3n) is 4.69. The van der Waals surface area contributed by atoms with E-state index in [9.17, 15) is 27.9 Å². The lowest BCUT2D eigenvalue weighted by Gasteiger charge is -2.18. The van der Waals surface area contributed by atoms with Crippen molar-refractivity contribution in [1.82, 2.24) is 9.55 Å². The number of aromatic nitrogens is 2. The molecule has 2 aromatic heterocycles. The fourth-order valence-corrected chi connectivity index (χ4v) is 3.31. The number of anilines is 1. The molecule has 3 heterocycles. The lowest BCUT2D eigenvalue weighted by molar-refractivity contribution is 0.0695. The first-order chi connectivity index (χ1) is 13.3. The van der Waals surface area contributed by atoms with Gasteiger partial charge < -0.3 is 10.0 Å². The Morgan fingerprint density at radius 2 is 2.00 bits per heavy atom. The van der Waals surface area contributed by atoms with Gasteiger partial charge in [0.15, 0.2) is 5.65 Å². The molecule has 0 unspecified atom stereocenters. The van der Waals surface area contributed by atoms with Crippen LogP contribution in [0, 0.1) is 11.6 Å². The van der Waals surface area contributed by atoms with Gasteiger partial charge in [0.05, 0.1) is 17.6 Å². The van der Waals surface area contributed by atoms with Crippen LogP contribution in [0.2, 0.25) is 0 Å². The van der Waals surface area contributed by atoms with Gasteiger partial charge in [0, 0.05) is 18.8 Å². The van der Waals surface area contributed by atoms with Crippen LogP contribution in [0.1, 0.15) is 16.8 Å². The number of benzene rings is 1. The fraction of sp³-hybridized carbons (Fsp3) is 0.211. The zero-order valence-corrected chi connectivity index (χ0v) is 14.4. The van der Waals surface area contributed by atoms with E-state index in [0.717, 1.165) is 22.9 Å². The van der Waals surface area contributed by atoms with Gasteiger partial charge in [0.1, 0.15) is 29.2 Å². The van der Waals surface area contributed by atoms with E-state index in [1.165, 1.54) is 12.1 Å². The molecule has 1 aliphatic rings. The average molecular weight is 389 g/mol. The number of pyridine rings is 2. The molecule has 0 amide bonds. The van der Waals surface area contributed by atoms with E-state index in [4.69, 9.17) is 0 Å². The first-order valence-corrected chi connectivity index (χ1v) is 8.49. The Morgan fingerprint density at radius 3 is 2.64 bits per heavy atom. The highest BCUT2D eigenvalue weighted by Crippen LogP contribution is 2.25. The van der Waals surface area contributed by atoms with E-state index in [1.807, 2.05) is 0 Å². The van der Waals surface area contributed by atoms with Crippen molar-refractivity contribution < 1.29 is 23.1 Å². The first-order valence-electron chi connectivity index (χ1n) is 8.49. The zero-order valence-electron chi connectivity index (χ0n) is 14.4. The zero-order chi connectivity index (χ0) is 20.0. The molecule has 0 aliphatic carbocycles. The van der Waals surface area contributed by atoms with E-state index >= 15 is 0 Å². The van der Waals surface area contributed by atoms with E-state index < -0.39 is 34.8 Å². The van der Waals surface area contributed by atoms with Crippen molar-refractivity contribution in [3.63, 3.8) is 0 Å². The van der Waals surface area contributed by atoms with Gasteiger partial charge in [0.2, 0.25) is 5.43 Å². The van der Waals surface area contributed by atoms with Crippen LogP contribution in [0.25, 0.3) is 16.7 Å². The van der Waals surface area contributed by atoms with Crippen LogP contribution < -0.4 is 10.3 Å². The van der Waals surface area contributed by atoms with Crippen LogP contribution in [0.3, 0.4) is 0 Å². The van der Waals surface area contributed by atoms with E-state index in [2.05, 4.69) is 4.98 Å². The predicted octanol–water partition coefficient (Wildman–Crippen LogP) is 2.91. The van der Waals surface area contributed by atoms with Gasteiger partial charge in [-0.1, -0.05) is 0 Å². The Bertz CT molecular complexity index is 1160. The molecular formula is C19H14F3N3O3. The summed E-state index contributed by atoms with van der Waals surface area (Å²) >= 11 is 0. The van der Waals surface area contributed by atoms with Gasteiger partial charge in [-0.25, -0.2) is 22.9 Å². The molecule has 28 heavy (non-hydrogen) atoms. The Morgan fingerprint density at radius 1 is 1.21 bits per heavy atom. The normalized spacial score (nSPS) is 16.7. The molecule has 3 aromatic rings. The molecule has 1 N–H and O–H groups in total. The van der Waals surface area contributed by atoms with E-state index in [1.54, 1.807) is 4.90 Å². The maximum absolute atomic E-state index is 14.4. The Kier molecular flexibility index (Phi) is 4.29. The van der Waals surface area contributed by atoms with Crippen LogP contribution in [-0.4, -0.2) is 39.9 Å². The molecule has 1 saturated heterocycles. The quantitative estimate of drug-likeness (QED) is 0.746. The van der Waals surface area contributed by atoms with Crippen molar-refractivity contribution in [2.24, 2.45) is 0 Å². The number of hydrogen-bond donors (Lipinski definition) is 1. The number of nitrogens with zero attached hydrogens (tertiary/aromatic N) is 3. The molecule has 1 aliphatic heterocycles. The fourth-order valence-electron chi connectivity index (χ4n) is 3.31. The summed E-state index contributed by atoms with van der Waals surface area (Å²) in [5.74, 6) is -2.85. The minimum absolute atomic E-state index is 0.000293. The number of fused-ring (bicyclic) bond motifs is 1. The molecule has 6 nitrogen and oxygen atoms in total. The monoisotopic (exact) mass is 389 g/mol. The third kappa shape index (κ3) is 2.98. The van der Waals surface area contributed by atoms with Gasteiger partial charge >= 0.3 is 5.97 Å². The maximum atomic E-state index is 14.4. The van der Waals surface area contributed by atoms with Crippen LogP contribution >= 0.6 is 0 Å². The second-order valence-electron chi connectivity index (χ2n) is 6.52. The second kappa shape index (κ2) is 6.66.